The molecule has 0 aliphatic carbocycles. The van der Waals surface area contributed by atoms with Gasteiger partial charge in [-0.3, -0.25) is 9.69 Å². The number of carbonyl (C=O) groups is 2. The van der Waals surface area contributed by atoms with Crippen molar-refractivity contribution < 1.29 is 19.1 Å². The average molecular weight is 461 g/mol. The predicted molar refractivity (Wildman–Crippen MR) is 132 cm³/mol. The lowest BCUT2D eigenvalue weighted by Gasteiger charge is -2.36. The average Bonchev–Trinajstić information content (AvgIpc) is 3.45. The molecule has 34 heavy (non-hydrogen) atoms. The van der Waals surface area contributed by atoms with Crippen LogP contribution in [-0.4, -0.2) is 59.6 Å². The first-order valence-corrected chi connectivity index (χ1v) is 11.6. The summed E-state index contributed by atoms with van der Waals surface area (Å²) >= 11 is 0. The Morgan fingerprint density at radius 2 is 1.85 bits per heavy atom. The molecule has 2 aromatic heterocycles. The highest BCUT2D eigenvalue weighted by atomic mass is 16.4. The SMILES string of the molecule is NC(=O)c1ccc2[nH]cc(CCCCN3CCN(c4ccc5oc(C(=O)O)cc5c4)CC3)c2c1. The lowest BCUT2D eigenvalue weighted by Crippen LogP contribution is -2.46. The molecule has 1 fully saturated rings. The minimum atomic E-state index is -1.05. The van der Waals surface area contributed by atoms with E-state index in [0.717, 1.165) is 74.0 Å². The Kier molecular flexibility index (Phi) is 5.98. The number of aromatic nitrogens is 1. The van der Waals surface area contributed by atoms with Crippen LogP contribution in [0.2, 0.25) is 0 Å². The molecular formula is C26H28N4O4. The third-order valence-corrected chi connectivity index (χ3v) is 6.67. The molecule has 8 heteroatoms. The van der Waals surface area contributed by atoms with Crippen molar-refractivity contribution in [3.63, 3.8) is 0 Å². The van der Waals surface area contributed by atoms with Crippen LogP contribution in [0.25, 0.3) is 21.9 Å². The van der Waals surface area contributed by atoms with Gasteiger partial charge in [0.25, 0.3) is 0 Å². The number of nitrogens with one attached hydrogen (secondary N) is 1. The Morgan fingerprint density at radius 1 is 1.03 bits per heavy atom. The second-order valence-corrected chi connectivity index (χ2v) is 8.86. The number of H-pyrrole nitrogens is 1. The third-order valence-electron chi connectivity index (χ3n) is 6.67. The zero-order valence-corrected chi connectivity index (χ0v) is 18.9. The standard InChI is InChI=1S/C26H28N4O4/c27-25(31)17-4-6-22-21(14-17)18(16-28-22)3-1-2-8-29-9-11-30(12-10-29)20-5-7-23-19(13-20)15-24(34-23)26(32)33/h4-7,13-16,28H,1-3,8-12H2,(H2,27,31)(H,32,33). The van der Waals surface area contributed by atoms with Crippen molar-refractivity contribution in [3.05, 3.63) is 65.5 Å². The lowest BCUT2D eigenvalue weighted by molar-refractivity contribution is 0.0664. The van der Waals surface area contributed by atoms with E-state index < -0.39 is 11.9 Å². The summed E-state index contributed by atoms with van der Waals surface area (Å²) in [5.41, 5.74) is 9.92. The third kappa shape index (κ3) is 4.49. The summed E-state index contributed by atoms with van der Waals surface area (Å²) in [5, 5.41) is 11.0. The highest BCUT2D eigenvalue weighted by Gasteiger charge is 2.18. The molecule has 176 valence electrons. The number of amides is 1. The van der Waals surface area contributed by atoms with E-state index in [1.807, 2.05) is 36.5 Å². The van der Waals surface area contributed by atoms with Crippen LogP contribution in [0.4, 0.5) is 5.69 Å². The van der Waals surface area contributed by atoms with Gasteiger partial charge in [-0.25, -0.2) is 4.79 Å². The Bertz CT molecular complexity index is 1350. The molecule has 4 aromatic rings. The first kappa shape index (κ1) is 22.0. The monoisotopic (exact) mass is 460 g/mol. The quantitative estimate of drug-likeness (QED) is 0.344. The fourth-order valence-corrected chi connectivity index (χ4v) is 4.75. The Balaban J connectivity index is 1.11. The molecule has 1 amide bonds. The van der Waals surface area contributed by atoms with Crippen LogP contribution in [0, 0.1) is 0 Å². The molecule has 4 N–H and O–H groups in total. The number of aromatic carboxylic acids is 1. The van der Waals surface area contributed by atoms with E-state index in [0.29, 0.717) is 11.1 Å². The topological polar surface area (TPSA) is 116 Å². The van der Waals surface area contributed by atoms with Gasteiger partial charge in [-0.05, 0) is 73.8 Å². The molecule has 0 radical (unpaired) electrons. The number of carbonyl (C=O) groups excluding carboxylic acids is 1. The zero-order chi connectivity index (χ0) is 23.7. The van der Waals surface area contributed by atoms with Crippen LogP contribution < -0.4 is 10.6 Å². The summed E-state index contributed by atoms with van der Waals surface area (Å²) in [6.07, 6.45) is 5.19. The molecule has 1 aliphatic heterocycles. The van der Waals surface area contributed by atoms with Crippen molar-refractivity contribution in [3.8, 4) is 0 Å². The number of anilines is 1. The number of hydrogen-bond donors (Lipinski definition) is 3. The summed E-state index contributed by atoms with van der Waals surface area (Å²) in [6, 6.07) is 13.0. The maximum Gasteiger partial charge on any atom is 0.371 e. The number of piperazine rings is 1. The lowest BCUT2D eigenvalue weighted by atomic mass is 10.0. The van der Waals surface area contributed by atoms with Gasteiger partial charge in [0.1, 0.15) is 5.58 Å². The molecule has 0 saturated carbocycles. The van der Waals surface area contributed by atoms with Crippen molar-refractivity contribution >= 4 is 39.4 Å². The number of nitrogens with zero attached hydrogens (tertiary/aromatic N) is 2. The number of primary amides is 1. The number of unbranched alkanes of at least 4 members (excludes halogenated alkanes) is 1. The van der Waals surface area contributed by atoms with Gasteiger partial charge in [-0.2, -0.15) is 0 Å². The molecule has 0 unspecified atom stereocenters. The molecule has 1 saturated heterocycles. The van der Waals surface area contributed by atoms with E-state index in [1.54, 1.807) is 12.1 Å². The number of fused-ring (bicyclic) bond motifs is 2. The van der Waals surface area contributed by atoms with Gasteiger partial charge in [-0.1, -0.05) is 0 Å². The van der Waals surface area contributed by atoms with Crippen molar-refractivity contribution in [2.24, 2.45) is 5.73 Å². The van der Waals surface area contributed by atoms with Gasteiger partial charge < -0.3 is 25.1 Å². The van der Waals surface area contributed by atoms with Crippen molar-refractivity contribution in [2.45, 2.75) is 19.3 Å². The van der Waals surface area contributed by atoms with Crippen molar-refractivity contribution in [1.29, 1.82) is 0 Å². The number of aryl methyl sites for hydroxylation is 1. The smallest absolute Gasteiger partial charge is 0.371 e. The number of hydrogen-bond acceptors (Lipinski definition) is 5. The van der Waals surface area contributed by atoms with Crippen LogP contribution in [-0.2, 0) is 6.42 Å². The molecule has 1 aliphatic rings. The maximum absolute atomic E-state index is 11.5. The van der Waals surface area contributed by atoms with E-state index in [1.165, 1.54) is 5.56 Å². The molecule has 0 spiro atoms. The molecule has 3 heterocycles. The normalized spacial score (nSPS) is 14.8. The van der Waals surface area contributed by atoms with Crippen LogP contribution in [0.1, 0.15) is 39.3 Å². The number of carboxylic acid groups (broad SMARTS) is 1. The molecule has 8 nitrogen and oxygen atoms in total. The summed E-state index contributed by atoms with van der Waals surface area (Å²) in [5.74, 6) is -1.48. The molecular weight excluding hydrogens is 432 g/mol. The van der Waals surface area contributed by atoms with Crippen molar-refractivity contribution in [2.75, 3.05) is 37.6 Å². The highest BCUT2D eigenvalue weighted by Crippen LogP contribution is 2.26. The van der Waals surface area contributed by atoms with E-state index >= 15 is 0 Å². The van der Waals surface area contributed by atoms with Crippen LogP contribution in [0.15, 0.2) is 53.1 Å². The number of aromatic amines is 1. The van der Waals surface area contributed by atoms with Crippen LogP contribution in [0.3, 0.4) is 0 Å². The number of nitrogens with two attached hydrogens (primary N) is 1. The Hall–Kier alpha value is -3.78. The second kappa shape index (κ2) is 9.23. The number of carboxylic acids is 1. The van der Waals surface area contributed by atoms with Gasteiger partial charge >= 0.3 is 5.97 Å². The largest absolute Gasteiger partial charge is 0.475 e. The molecule has 0 bridgehead atoms. The predicted octanol–water partition coefficient (Wildman–Crippen LogP) is 3.86. The fourth-order valence-electron chi connectivity index (χ4n) is 4.75. The van der Waals surface area contributed by atoms with Crippen LogP contribution in [0.5, 0.6) is 0 Å². The maximum atomic E-state index is 11.5. The van der Waals surface area contributed by atoms with Gasteiger partial charge in [0.15, 0.2) is 0 Å². The van der Waals surface area contributed by atoms with Gasteiger partial charge in [0, 0.05) is 59.9 Å². The number of rotatable bonds is 8. The van der Waals surface area contributed by atoms with E-state index in [9.17, 15) is 9.59 Å². The van der Waals surface area contributed by atoms with E-state index in [2.05, 4.69) is 14.8 Å². The molecule has 0 atom stereocenters. The first-order valence-electron chi connectivity index (χ1n) is 11.6. The first-order chi connectivity index (χ1) is 16.5. The summed E-state index contributed by atoms with van der Waals surface area (Å²) in [4.78, 5) is 30.7. The fraction of sp³-hybridized carbons (Fsp3) is 0.308. The highest BCUT2D eigenvalue weighted by molar-refractivity contribution is 5.97. The Morgan fingerprint density at radius 3 is 2.62 bits per heavy atom. The van der Waals surface area contributed by atoms with E-state index in [-0.39, 0.29) is 5.76 Å². The van der Waals surface area contributed by atoms with Crippen molar-refractivity contribution in [1.82, 2.24) is 9.88 Å². The van der Waals surface area contributed by atoms with Gasteiger partial charge in [-0.15, -0.1) is 0 Å². The summed E-state index contributed by atoms with van der Waals surface area (Å²) in [6.45, 7) is 4.93. The second-order valence-electron chi connectivity index (χ2n) is 8.86. The minimum absolute atomic E-state index is 0.0297. The number of furan rings is 1. The van der Waals surface area contributed by atoms with Gasteiger partial charge in [0.05, 0.1) is 0 Å². The van der Waals surface area contributed by atoms with Crippen LogP contribution >= 0.6 is 0 Å². The van der Waals surface area contributed by atoms with Gasteiger partial charge in [0.2, 0.25) is 11.7 Å². The zero-order valence-electron chi connectivity index (χ0n) is 18.9. The minimum Gasteiger partial charge on any atom is -0.475 e. The Labute approximate surface area is 196 Å². The summed E-state index contributed by atoms with van der Waals surface area (Å²) < 4.78 is 5.36. The number of benzene rings is 2. The summed E-state index contributed by atoms with van der Waals surface area (Å²) in [7, 11) is 0. The van der Waals surface area contributed by atoms with E-state index in [4.69, 9.17) is 15.3 Å². The molecule has 5 rings (SSSR count). The molecule has 2 aromatic carbocycles.